The van der Waals surface area contributed by atoms with Crippen molar-refractivity contribution in [1.29, 1.82) is 0 Å². The second kappa shape index (κ2) is 24.0. The van der Waals surface area contributed by atoms with Gasteiger partial charge >= 0.3 is 5.97 Å². The Morgan fingerprint density at radius 1 is 0.735 bits per heavy atom. The van der Waals surface area contributed by atoms with E-state index in [2.05, 4.69) is 18.7 Å². The summed E-state index contributed by atoms with van der Waals surface area (Å²) in [6.07, 6.45) is 16.3. The minimum Gasteiger partial charge on any atom is -0.465 e. The van der Waals surface area contributed by atoms with E-state index in [0.717, 1.165) is 45.2 Å². The predicted octanol–water partition coefficient (Wildman–Crippen LogP) is 5.40. The monoisotopic (exact) mass is 486 g/mol. The molecule has 2 atom stereocenters. The first-order chi connectivity index (χ1) is 16.4. The molecular formula is C28H58N2O4. The van der Waals surface area contributed by atoms with Crippen LogP contribution in [0.15, 0.2) is 0 Å². The summed E-state index contributed by atoms with van der Waals surface area (Å²) in [5.41, 5.74) is 0. The van der Waals surface area contributed by atoms with Crippen LogP contribution in [0, 0.1) is 0 Å². The van der Waals surface area contributed by atoms with Gasteiger partial charge in [0.15, 0.2) is 0 Å². The molecule has 0 bridgehead atoms. The number of likely N-dealkylation sites (N-methyl/N-ethyl adjacent to an activating group) is 1. The molecule has 0 rings (SSSR count). The van der Waals surface area contributed by atoms with Crippen molar-refractivity contribution in [2.75, 3.05) is 46.4 Å². The highest BCUT2D eigenvalue weighted by atomic mass is 16.5. The maximum atomic E-state index is 11.9. The van der Waals surface area contributed by atoms with Crippen molar-refractivity contribution >= 4 is 5.97 Å². The van der Waals surface area contributed by atoms with Crippen LogP contribution >= 0.6 is 0 Å². The Morgan fingerprint density at radius 2 is 1.21 bits per heavy atom. The largest absolute Gasteiger partial charge is 0.465 e. The summed E-state index contributed by atoms with van der Waals surface area (Å²) in [6, 6.07) is 0. The lowest BCUT2D eigenvalue weighted by Crippen LogP contribution is -2.39. The standard InChI is InChI=1S/C28H58N2O4/c1-5-8-10-12-14-16-19-26(31)23-30(21-18-22-34-28(33)25-29(4)7-3)24-27(32)20-17-15-13-11-9-6-2/h26-27,31-32H,5-25H2,1-4H3. The van der Waals surface area contributed by atoms with Crippen LogP contribution in [0.4, 0.5) is 0 Å². The first kappa shape index (κ1) is 33.3. The van der Waals surface area contributed by atoms with Gasteiger partial charge in [0, 0.05) is 19.6 Å². The minimum absolute atomic E-state index is 0.192. The third kappa shape index (κ3) is 21.8. The van der Waals surface area contributed by atoms with Crippen LogP contribution in [0.1, 0.15) is 117 Å². The number of unbranched alkanes of at least 4 members (excludes halogenated alkanes) is 10. The number of hydrogen-bond donors (Lipinski definition) is 2. The Morgan fingerprint density at radius 3 is 1.68 bits per heavy atom. The molecule has 0 aromatic heterocycles. The minimum atomic E-state index is -0.367. The zero-order valence-electron chi connectivity index (χ0n) is 23.1. The molecule has 6 nitrogen and oxygen atoms in total. The summed E-state index contributed by atoms with van der Waals surface area (Å²) in [5.74, 6) is -0.192. The van der Waals surface area contributed by atoms with Gasteiger partial charge in [-0.25, -0.2) is 0 Å². The number of ether oxygens (including phenoxy) is 1. The highest BCUT2D eigenvalue weighted by molar-refractivity contribution is 5.71. The molecule has 2 N–H and O–H groups in total. The lowest BCUT2D eigenvalue weighted by Gasteiger charge is -2.27. The van der Waals surface area contributed by atoms with Crippen molar-refractivity contribution in [2.24, 2.45) is 0 Å². The second-order valence-electron chi connectivity index (χ2n) is 10.1. The molecule has 0 fully saturated rings. The van der Waals surface area contributed by atoms with E-state index in [-0.39, 0.29) is 18.2 Å². The average Bonchev–Trinajstić information content (AvgIpc) is 2.81. The van der Waals surface area contributed by atoms with Gasteiger partial charge in [0.05, 0.1) is 25.4 Å². The van der Waals surface area contributed by atoms with E-state index >= 15 is 0 Å². The number of aliphatic hydroxyl groups is 2. The third-order valence-electron chi connectivity index (χ3n) is 6.54. The van der Waals surface area contributed by atoms with Crippen LogP contribution in [-0.4, -0.2) is 84.6 Å². The van der Waals surface area contributed by atoms with Crippen LogP contribution in [0.3, 0.4) is 0 Å². The van der Waals surface area contributed by atoms with E-state index in [9.17, 15) is 15.0 Å². The summed E-state index contributed by atoms with van der Waals surface area (Å²) in [4.78, 5) is 16.0. The number of nitrogens with zero attached hydrogens (tertiary/aromatic N) is 2. The van der Waals surface area contributed by atoms with Crippen molar-refractivity contribution in [2.45, 2.75) is 129 Å². The van der Waals surface area contributed by atoms with Gasteiger partial charge < -0.3 is 14.9 Å². The van der Waals surface area contributed by atoms with Crippen LogP contribution in [-0.2, 0) is 9.53 Å². The van der Waals surface area contributed by atoms with Crippen LogP contribution in [0.25, 0.3) is 0 Å². The number of aliphatic hydroxyl groups excluding tert-OH is 2. The molecule has 0 saturated heterocycles. The summed E-state index contributed by atoms with van der Waals surface area (Å²) in [6.45, 7) is 9.85. The average molecular weight is 487 g/mol. The number of hydrogen-bond acceptors (Lipinski definition) is 6. The van der Waals surface area contributed by atoms with Gasteiger partial charge in [0.1, 0.15) is 0 Å². The van der Waals surface area contributed by atoms with E-state index in [4.69, 9.17) is 4.74 Å². The first-order valence-electron chi connectivity index (χ1n) is 14.3. The second-order valence-corrected chi connectivity index (χ2v) is 10.1. The number of esters is 1. The van der Waals surface area contributed by atoms with E-state index in [1.165, 1.54) is 64.2 Å². The molecule has 204 valence electrons. The molecular weight excluding hydrogens is 428 g/mol. The van der Waals surface area contributed by atoms with Crippen LogP contribution in [0.5, 0.6) is 0 Å². The topological polar surface area (TPSA) is 73.2 Å². The van der Waals surface area contributed by atoms with E-state index in [1.54, 1.807) is 0 Å². The van der Waals surface area contributed by atoms with Crippen molar-refractivity contribution in [3.63, 3.8) is 0 Å². The number of rotatable bonds is 25. The Balaban J connectivity index is 4.37. The molecule has 6 heteroatoms. The van der Waals surface area contributed by atoms with E-state index in [0.29, 0.717) is 26.2 Å². The fourth-order valence-electron chi connectivity index (χ4n) is 4.21. The van der Waals surface area contributed by atoms with Gasteiger partial charge in [-0.1, -0.05) is 97.8 Å². The normalized spacial score (nSPS) is 13.5. The maximum absolute atomic E-state index is 11.9. The van der Waals surface area contributed by atoms with Crippen molar-refractivity contribution in [3.8, 4) is 0 Å². The molecule has 0 aromatic rings. The molecule has 0 aliphatic carbocycles. The van der Waals surface area contributed by atoms with Gasteiger partial charge in [0.25, 0.3) is 0 Å². The fraction of sp³-hybridized carbons (Fsp3) is 0.964. The van der Waals surface area contributed by atoms with Gasteiger partial charge in [-0.15, -0.1) is 0 Å². The summed E-state index contributed by atoms with van der Waals surface area (Å²) >= 11 is 0. The molecule has 2 unspecified atom stereocenters. The van der Waals surface area contributed by atoms with Gasteiger partial charge in [-0.2, -0.15) is 0 Å². The highest BCUT2D eigenvalue weighted by Gasteiger charge is 2.16. The van der Waals surface area contributed by atoms with Gasteiger partial charge in [-0.05, 0) is 32.9 Å². The Bertz CT molecular complexity index is 426. The lowest BCUT2D eigenvalue weighted by molar-refractivity contribution is -0.144. The molecule has 0 spiro atoms. The van der Waals surface area contributed by atoms with E-state index in [1.807, 2.05) is 18.9 Å². The SMILES string of the molecule is CCCCCCCCC(O)CN(CCCOC(=O)CN(C)CC)CC(O)CCCCCCCC. The molecule has 0 saturated carbocycles. The maximum Gasteiger partial charge on any atom is 0.320 e. The van der Waals surface area contributed by atoms with Crippen LogP contribution in [0.2, 0.25) is 0 Å². The summed E-state index contributed by atoms with van der Waals surface area (Å²) in [7, 11) is 1.90. The van der Waals surface area contributed by atoms with Crippen molar-refractivity contribution in [3.05, 3.63) is 0 Å². The van der Waals surface area contributed by atoms with Gasteiger partial charge in [-0.3, -0.25) is 14.6 Å². The zero-order valence-corrected chi connectivity index (χ0v) is 23.1. The Kier molecular flexibility index (Phi) is 23.5. The number of carbonyl (C=O) groups is 1. The molecule has 0 aliphatic heterocycles. The third-order valence-corrected chi connectivity index (χ3v) is 6.54. The Labute approximate surface area is 211 Å². The molecule has 0 aromatic carbocycles. The number of carbonyl (C=O) groups excluding carboxylic acids is 1. The summed E-state index contributed by atoms with van der Waals surface area (Å²) in [5, 5.41) is 21.2. The zero-order chi connectivity index (χ0) is 25.4. The fourth-order valence-corrected chi connectivity index (χ4v) is 4.21. The van der Waals surface area contributed by atoms with Crippen LogP contribution < -0.4 is 0 Å². The molecule has 0 aliphatic rings. The Hall–Kier alpha value is -0.690. The first-order valence-corrected chi connectivity index (χ1v) is 14.3. The molecule has 0 radical (unpaired) electrons. The van der Waals surface area contributed by atoms with Crippen molar-refractivity contribution in [1.82, 2.24) is 9.80 Å². The predicted molar refractivity (Wildman–Crippen MR) is 143 cm³/mol. The van der Waals surface area contributed by atoms with E-state index < -0.39 is 0 Å². The molecule has 34 heavy (non-hydrogen) atoms. The molecule has 0 heterocycles. The smallest absolute Gasteiger partial charge is 0.320 e. The molecule has 0 amide bonds. The summed E-state index contributed by atoms with van der Waals surface area (Å²) < 4.78 is 5.37. The highest BCUT2D eigenvalue weighted by Crippen LogP contribution is 2.12. The lowest BCUT2D eigenvalue weighted by atomic mass is 10.1. The van der Waals surface area contributed by atoms with Gasteiger partial charge in [0.2, 0.25) is 0 Å². The van der Waals surface area contributed by atoms with Crippen molar-refractivity contribution < 1.29 is 19.7 Å². The quantitative estimate of drug-likeness (QED) is 0.133.